The van der Waals surface area contributed by atoms with Crippen LogP contribution in [0.25, 0.3) is 10.9 Å². The zero-order valence-corrected chi connectivity index (χ0v) is 11.7. The third kappa shape index (κ3) is 2.16. The Kier molecular flexibility index (Phi) is 3.42. The summed E-state index contributed by atoms with van der Waals surface area (Å²) >= 11 is 0. The molecule has 20 heavy (non-hydrogen) atoms. The minimum atomic E-state index is 0.593. The molecule has 1 aliphatic rings. The van der Waals surface area contributed by atoms with Crippen molar-refractivity contribution >= 4 is 22.3 Å². The second-order valence-corrected chi connectivity index (χ2v) is 5.16. The summed E-state index contributed by atoms with van der Waals surface area (Å²) in [7, 11) is 1.85. The summed E-state index contributed by atoms with van der Waals surface area (Å²) in [5, 5.41) is 13.3. The van der Waals surface area contributed by atoms with Gasteiger partial charge >= 0.3 is 0 Å². The summed E-state index contributed by atoms with van der Waals surface area (Å²) in [6, 6.07) is 8.53. The molecule has 0 aliphatic carbocycles. The van der Waals surface area contributed by atoms with Crippen LogP contribution >= 0.6 is 0 Å². The Balaban J connectivity index is 2.11. The molecule has 102 valence electrons. The first-order valence-corrected chi connectivity index (χ1v) is 7.09. The Morgan fingerprint density at radius 1 is 1.25 bits per heavy atom. The molecule has 1 aromatic carbocycles. The van der Waals surface area contributed by atoms with Crippen LogP contribution in [0.15, 0.2) is 24.4 Å². The van der Waals surface area contributed by atoms with E-state index in [0.717, 1.165) is 29.7 Å². The molecule has 1 saturated heterocycles. The Morgan fingerprint density at radius 3 is 2.75 bits per heavy atom. The van der Waals surface area contributed by atoms with Gasteiger partial charge in [-0.25, -0.2) is 0 Å². The predicted octanol–water partition coefficient (Wildman–Crippen LogP) is 3.14. The maximum Gasteiger partial charge on any atom is 0.103 e. The smallest absolute Gasteiger partial charge is 0.103 e. The number of fused-ring (bicyclic) bond motifs is 1. The van der Waals surface area contributed by atoms with Crippen LogP contribution in [0.1, 0.15) is 24.8 Å². The van der Waals surface area contributed by atoms with Crippen molar-refractivity contribution in [2.24, 2.45) is 0 Å². The van der Waals surface area contributed by atoms with Gasteiger partial charge in [-0.1, -0.05) is 0 Å². The molecule has 1 fully saturated rings. The molecule has 2 aromatic rings. The van der Waals surface area contributed by atoms with Crippen LogP contribution in [0.5, 0.6) is 0 Å². The molecule has 1 aliphatic heterocycles. The van der Waals surface area contributed by atoms with Crippen molar-refractivity contribution < 1.29 is 0 Å². The van der Waals surface area contributed by atoms with Gasteiger partial charge in [0.05, 0.1) is 16.8 Å². The molecular formula is C16H18N4. The zero-order valence-electron chi connectivity index (χ0n) is 11.7. The fraction of sp³-hybridized carbons (Fsp3) is 0.375. The maximum absolute atomic E-state index is 9.19. The quantitative estimate of drug-likeness (QED) is 0.907. The highest BCUT2D eigenvalue weighted by molar-refractivity contribution is 5.96. The van der Waals surface area contributed by atoms with E-state index in [1.165, 1.54) is 24.9 Å². The summed E-state index contributed by atoms with van der Waals surface area (Å²) in [6.07, 6.45) is 5.47. The maximum atomic E-state index is 9.19. The molecule has 0 saturated carbocycles. The highest BCUT2D eigenvalue weighted by Crippen LogP contribution is 2.30. The van der Waals surface area contributed by atoms with Crippen molar-refractivity contribution in [3.8, 4) is 6.07 Å². The van der Waals surface area contributed by atoms with E-state index in [1.54, 1.807) is 6.20 Å². The van der Waals surface area contributed by atoms with Gasteiger partial charge in [-0.3, -0.25) is 4.98 Å². The fourth-order valence-corrected chi connectivity index (χ4v) is 2.88. The van der Waals surface area contributed by atoms with E-state index in [-0.39, 0.29) is 0 Å². The van der Waals surface area contributed by atoms with Gasteiger partial charge in [-0.05, 0) is 37.5 Å². The normalized spacial score (nSPS) is 15.1. The number of aromatic nitrogens is 1. The molecule has 3 rings (SSSR count). The van der Waals surface area contributed by atoms with E-state index in [9.17, 15) is 5.26 Å². The van der Waals surface area contributed by atoms with E-state index in [0.29, 0.717) is 5.56 Å². The number of anilines is 2. The average Bonchev–Trinajstić information content (AvgIpc) is 2.54. The lowest BCUT2D eigenvalue weighted by molar-refractivity contribution is 0.578. The van der Waals surface area contributed by atoms with Crippen molar-refractivity contribution in [3.63, 3.8) is 0 Å². The van der Waals surface area contributed by atoms with Crippen molar-refractivity contribution in [1.29, 1.82) is 5.26 Å². The molecule has 0 amide bonds. The Hall–Kier alpha value is -2.28. The van der Waals surface area contributed by atoms with Gasteiger partial charge in [0.1, 0.15) is 6.07 Å². The van der Waals surface area contributed by atoms with Crippen LogP contribution in [0, 0.1) is 11.3 Å². The minimum absolute atomic E-state index is 0.593. The SMILES string of the molecule is CNc1c(C#N)cnc2ccc(N3CCCCC3)cc12. The largest absolute Gasteiger partial charge is 0.386 e. The van der Waals surface area contributed by atoms with E-state index < -0.39 is 0 Å². The average molecular weight is 266 g/mol. The molecule has 0 bridgehead atoms. The molecule has 1 aromatic heterocycles. The van der Waals surface area contributed by atoms with Gasteiger partial charge in [0.2, 0.25) is 0 Å². The summed E-state index contributed by atoms with van der Waals surface area (Å²) in [4.78, 5) is 6.78. The lowest BCUT2D eigenvalue weighted by atomic mass is 10.1. The Labute approximate surface area is 119 Å². The number of hydrogen-bond donors (Lipinski definition) is 1. The number of pyridine rings is 1. The lowest BCUT2D eigenvalue weighted by Gasteiger charge is -2.29. The third-order valence-corrected chi connectivity index (χ3v) is 3.94. The first kappa shape index (κ1) is 12.7. The minimum Gasteiger partial charge on any atom is -0.386 e. The second kappa shape index (κ2) is 5.38. The number of benzene rings is 1. The van der Waals surface area contributed by atoms with Crippen LogP contribution in [-0.2, 0) is 0 Å². The van der Waals surface area contributed by atoms with Crippen molar-refractivity contribution in [3.05, 3.63) is 30.0 Å². The van der Waals surface area contributed by atoms with Gasteiger partial charge in [0.25, 0.3) is 0 Å². The van der Waals surface area contributed by atoms with Gasteiger partial charge in [-0.15, -0.1) is 0 Å². The van der Waals surface area contributed by atoms with E-state index >= 15 is 0 Å². The molecule has 0 unspecified atom stereocenters. The Bertz CT molecular complexity index is 666. The predicted molar refractivity (Wildman–Crippen MR) is 82.1 cm³/mol. The van der Waals surface area contributed by atoms with Crippen molar-refractivity contribution in [2.45, 2.75) is 19.3 Å². The number of nitrogens with one attached hydrogen (secondary N) is 1. The van der Waals surface area contributed by atoms with E-state index in [2.05, 4.69) is 33.4 Å². The van der Waals surface area contributed by atoms with Crippen LogP contribution < -0.4 is 10.2 Å². The zero-order chi connectivity index (χ0) is 13.9. The summed E-state index contributed by atoms with van der Waals surface area (Å²) in [6.45, 7) is 2.23. The summed E-state index contributed by atoms with van der Waals surface area (Å²) in [5.41, 5.74) is 3.62. The summed E-state index contributed by atoms with van der Waals surface area (Å²) in [5.74, 6) is 0. The van der Waals surface area contributed by atoms with Crippen LogP contribution in [0.2, 0.25) is 0 Å². The number of hydrogen-bond acceptors (Lipinski definition) is 4. The van der Waals surface area contributed by atoms with Crippen molar-refractivity contribution in [1.82, 2.24) is 4.98 Å². The van der Waals surface area contributed by atoms with Crippen LogP contribution in [-0.4, -0.2) is 25.1 Å². The lowest BCUT2D eigenvalue weighted by Crippen LogP contribution is -2.29. The first-order valence-electron chi connectivity index (χ1n) is 7.09. The molecule has 4 nitrogen and oxygen atoms in total. The molecule has 0 atom stereocenters. The first-order chi connectivity index (χ1) is 9.83. The van der Waals surface area contributed by atoms with Gasteiger partial charge in [0, 0.05) is 37.4 Å². The standard InChI is InChI=1S/C16H18N4/c1-18-16-12(10-17)11-19-15-6-5-13(9-14(15)16)20-7-3-2-4-8-20/h5-6,9,11H,2-4,7-8H2,1H3,(H,18,19). The number of piperidine rings is 1. The van der Waals surface area contributed by atoms with Gasteiger partial charge in [0.15, 0.2) is 0 Å². The van der Waals surface area contributed by atoms with Crippen molar-refractivity contribution in [2.75, 3.05) is 30.4 Å². The molecule has 0 radical (unpaired) electrons. The Morgan fingerprint density at radius 2 is 2.05 bits per heavy atom. The second-order valence-electron chi connectivity index (χ2n) is 5.16. The van der Waals surface area contributed by atoms with Crippen LogP contribution in [0.4, 0.5) is 11.4 Å². The van der Waals surface area contributed by atoms with Gasteiger partial charge < -0.3 is 10.2 Å². The highest BCUT2D eigenvalue weighted by Gasteiger charge is 2.13. The van der Waals surface area contributed by atoms with E-state index in [1.807, 2.05) is 13.1 Å². The number of rotatable bonds is 2. The van der Waals surface area contributed by atoms with Crippen LogP contribution in [0.3, 0.4) is 0 Å². The number of nitrogens with zero attached hydrogens (tertiary/aromatic N) is 3. The molecule has 2 heterocycles. The molecule has 1 N–H and O–H groups in total. The molecular weight excluding hydrogens is 248 g/mol. The fourth-order valence-electron chi connectivity index (χ4n) is 2.88. The van der Waals surface area contributed by atoms with E-state index in [4.69, 9.17) is 0 Å². The molecule has 0 spiro atoms. The topological polar surface area (TPSA) is 52.0 Å². The molecule has 4 heteroatoms. The van der Waals surface area contributed by atoms with Gasteiger partial charge in [-0.2, -0.15) is 5.26 Å². The monoisotopic (exact) mass is 266 g/mol. The number of nitriles is 1. The highest BCUT2D eigenvalue weighted by atomic mass is 15.1. The third-order valence-electron chi connectivity index (χ3n) is 3.94. The summed E-state index contributed by atoms with van der Waals surface area (Å²) < 4.78 is 0.